The van der Waals surface area contributed by atoms with E-state index in [2.05, 4.69) is 46.0 Å². The van der Waals surface area contributed by atoms with Crippen molar-refractivity contribution in [3.05, 3.63) is 23.3 Å². The van der Waals surface area contributed by atoms with Crippen molar-refractivity contribution in [2.24, 2.45) is 44.8 Å². The molecular weight excluding hydrogens is 504 g/mol. The van der Waals surface area contributed by atoms with Crippen LogP contribution in [0.5, 0.6) is 0 Å². The number of ether oxygens (including phenoxy) is 1. The minimum Gasteiger partial charge on any atom is -0.442 e. The van der Waals surface area contributed by atoms with Gasteiger partial charge in [0.15, 0.2) is 17.9 Å². The van der Waals surface area contributed by atoms with E-state index >= 15 is 0 Å². The maximum atomic E-state index is 14.5. The SMILES string of the molecule is CC1(C)CC[C@]2(NC(=O)OCC=O)CC[C@]3(C)[C@H](C(=O)C=C4[C@@]5(C)C=C(C#N)C(=O)C(C)(C)[C@@H]5CC[C@]43C)[C@@H]2C1. The first kappa shape index (κ1) is 28.8. The number of amides is 1. The number of carbonyl (C=O) groups is 4. The smallest absolute Gasteiger partial charge is 0.408 e. The monoisotopic (exact) mass is 548 g/mol. The highest BCUT2D eigenvalue weighted by Crippen LogP contribution is 2.73. The topological polar surface area (TPSA) is 113 Å². The number of nitrogens with one attached hydrogen (secondary N) is 1. The first-order chi connectivity index (χ1) is 18.5. The summed E-state index contributed by atoms with van der Waals surface area (Å²) in [5.41, 5.74) is -1.22. The van der Waals surface area contributed by atoms with Crippen molar-refractivity contribution in [2.45, 2.75) is 99.0 Å². The molecule has 0 heterocycles. The molecule has 7 atom stereocenters. The first-order valence-electron chi connectivity index (χ1n) is 14.8. The Morgan fingerprint density at radius 3 is 2.40 bits per heavy atom. The molecule has 7 nitrogen and oxygen atoms in total. The molecule has 0 bridgehead atoms. The average molecular weight is 549 g/mol. The summed E-state index contributed by atoms with van der Waals surface area (Å²) in [5.74, 6) is -0.358. The third kappa shape index (κ3) is 3.73. The molecule has 0 aliphatic heterocycles. The molecule has 0 spiro atoms. The van der Waals surface area contributed by atoms with Crippen molar-refractivity contribution < 1.29 is 23.9 Å². The molecule has 5 rings (SSSR count). The third-order valence-corrected chi connectivity index (χ3v) is 12.5. The summed E-state index contributed by atoms with van der Waals surface area (Å²) in [7, 11) is 0. The Kier molecular flexibility index (Phi) is 6.38. The molecule has 0 aromatic rings. The van der Waals surface area contributed by atoms with Crippen molar-refractivity contribution in [2.75, 3.05) is 6.61 Å². The second kappa shape index (κ2) is 8.87. The molecule has 3 saturated carbocycles. The number of fused-ring (bicyclic) bond motifs is 7. The van der Waals surface area contributed by atoms with E-state index in [4.69, 9.17) is 4.74 Å². The van der Waals surface area contributed by atoms with Crippen LogP contribution in [0.1, 0.15) is 93.4 Å². The lowest BCUT2D eigenvalue weighted by Crippen LogP contribution is -2.69. The van der Waals surface area contributed by atoms with E-state index in [0.29, 0.717) is 6.29 Å². The van der Waals surface area contributed by atoms with Crippen molar-refractivity contribution in [1.82, 2.24) is 5.32 Å². The van der Waals surface area contributed by atoms with E-state index < -0.39 is 22.5 Å². The van der Waals surface area contributed by atoms with E-state index in [1.54, 1.807) is 0 Å². The van der Waals surface area contributed by atoms with Gasteiger partial charge in [-0.1, -0.05) is 60.1 Å². The highest BCUT2D eigenvalue weighted by Gasteiger charge is 2.70. The molecule has 0 unspecified atom stereocenters. The minimum absolute atomic E-state index is 0.00225. The number of aldehydes is 1. The van der Waals surface area contributed by atoms with Gasteiger partial charge in [-0.15, -0.1) is 0 Å². The molecule has 7 heteroatoms. The standard InChI is InChI=1S/C33H44N2O5/c1-28(2)10-12-33(35-27(39)40-15-14-36)13-11-32(7)25(21(33)18-28)22(37)16-24-30(5)17-20(19-34)26(38)29(3,4)23(30)8-9-31(24,32)6/h14,16-17,21,23,25H,8-13,15,18H2,1-7H3,(H,35,39)/t21-,23-,25-,30-,31+,32+,33-/m0/s1. The van der Waals surface area contributed by atoms with Crippen molar-refractivity contribution in [3.8, 4) is 6.07 Å². The molecule has 0 radical (unpaired) electrons. The van der Waals surface area contributed by atoms with Crippen LogP contribution in [0.2, 0.25) is 0 Å². The Morgan fingerprint density at radius 2 is 1.75 bits per heavy atom. The van der Waals surface area contributed by atoms with Crippen LogP contribution in [0.3, 0.4) is 0 Å². The number of allylic oxidation sites excluding steroid dienone is 4. The van der Waals surface area contributed by atoms with Gasteiger partial charge in [0.05, 0.1) is 5.57 Å². The van der Waals surface area contributed by atoms with Crippen LogP contribution in [-0.2, 0) is 19.1 Å². The second-order valence-electron chi connectivity index (χ2n) is 15.3. The molecule has 0 saturated heterocycles. The summed E-state index contributed by atoms with van der Waals surface area (Å²) >= 11 is 0. The maximum absolute atomic E-state index is 14.5. The van der Waals surface area contributed by atoms with Gasteiger partial charge in [0.2, 0.25) is 0 Å². The quantitative estimate of drug-likeness (QED) is 0.441. The van der Waals surface area contributed by atoms with Gasteiger partial charge in [-0.2, -0.15) is 5.26 Å². The number of rotatable bonds is 3. The lowest BCUT2D eigenvalue weighted by molar-refractivity contribution is -0.160. The third-order valence-electron chi connectivity index (χ3n) is 12.5. The van der Waals surface area contributed by atoms with Crippen LogP contribution < -0.4 is 5.32 Å². The summed E-state index contributed by atoms with van der Waals surface area (Å²) < 4.78 is 5.13. The maximum Gasteiger partial charge on any atom is 0.408 e. The average Bonchev–Trinajstić information content (AvgIpc) is 2.87. The van der Waals surface area contributed by atoms with E-state index in [-0.39, 0.29) is 57.7 Å². The Morgan fingerprint density at radius 1 is 1.07 bits per heavy atom. The molecule has 40 heavy (non-hydrogen) atoms. The summed E-state index contributed by atoms with van der Waals surface area (Å²) in [5, 5.41) is 13.1. The largest absolute Gasteiger partial charge is 0.442 e. The van der Waals surface area contributed by atoms with E-state index in [0.717, 1.165) is 50.5 Å². The number of nitrogens with zero attached hydrogens (tertiary/aromatic N) is 1. The highest BCUT2D eigenvalue weighted by atomic mass is 16.5. The summed E-state index contributed by atoms with van der Waals surface area (Å²) in [6.45, 7) is 14.8. The number of ketones is 2. The molecule has 1 amide bonds. The van der Waals surface area contributed by atoms with Crippen LogP contribution in [0.15, 0.2) is 23.3 Å². The van der Waals surface area contributed by atoms with Crippen molar-refractivity contribution in [3.63, 3.8) is 0 Å². The molecule has 0 aromatic carbocycles. The van der Waals surface area contributed by atoms with Gasteiger partial charge < -0.3 is 10.1 Å². The van der Waals surface area contributed by atoms with Crippen LogP contribution in [0.25, 0.3) is 0 Å². The number of nitriles is 1. The summed E-state index contributed by atoms with van der Waals surface area (Å²) in [4.78, 5) is 51.3. The number of carbonyl (C=O) groups excluding carboxylic acids is 4. The fraction of sp³-hybridized carbons (Fsp3) is 0.727. The second-order valence-corrected chi connectivity index (χ2v) is 15.3. The lowest BCUT2D eigenvalue weighted by Gasteiger charge is -2.69. The highest BCUT2D eigenvalue weighted by molar-refractivity contribution is 6.04. The molecule has 0 aromatic heterocycles. The van der Waals surface area contributed by atoms with Gasteiger partial charge in [0.25, 0.3) is 0 Å². The van der Waals surface area contributed by atoms with Gasteiger partial charge >= 0.3 is 6.09 Å². The molecule has 3 fully saturated rings. The molecule has 216 valence electrons. The molecule has 1 N–H and O–H groups in total. The van der Waals surface area contributed by atoms with Gasteiger partial charge in [-0.05, 0) is 79.1 Å². The molecular formula is C33H44N2O5. The zero-order valence-electron chi connectivity index (χ0n) is 25.1. The first-order valence-corrected chi connectivity index (χ1v) is 14.8. The van der Waals surface area contributed by atoms with Gasteiger partial charge in [0.1, 0.15) is 12.7 Å². The fourth-order valence-electron chi connectivity index (χ4n) is 10.2. The predicted octanol–water partition coefficient (Wildman–Crippen LogP) is 5.88. The summed E-state index contributed by atoms with van der Waals surface area (Å²) in [6, 6.07) is 2.16. The minimum atomic E-state index is -0.696. The Balaban J connectivity index is 1.64. The predicted molar refractivity (Wildman–Crippen MR) is 150 cm³/mol. The van der Waals surface area contributed by atoms with Crippen LogP contribution >= 0.6 is 0 Å². The van der Waals surface area contributed by atoms with E-state index in [9.17, 15) is 24.4 Å². The zero-order valence-corrected chi connectivity index (χ0v) is 25.1. The Bertz CT molecular complexity index is 1290. The van der Waals surface area contributed by atoms with Crippen LogP contribution in [0.4, 0.5) is 4.79 Å². The van der Waals surface area contributed by atoms with Crippen molar-refractivity contribution >= 4 is 23.9 Å². The number of hydrogen-bond acceptors (Lipinski definition) is 6. The van der Waals surface area contributed by atoms with Gasteiger partial charge in [0, 0.05) is 22.3 Å². The van der Waals surface area contributed by atoms with Crippen LogP contribution in [0, 0.1) is 56.2 Å². The normalized spacial score (nSPS) is 42.9. The Labute approximate surface area is 238 Å². The van der Waals surface area contributed by atoms with E-state index in [1.165, 1.54) is 0 Å². The summed E-state index contributed by atoms with van der Waals surface area (Å²) in [6.07, 6.45) is 9.42. The van der Waals surface area contributed by atoms with E-state index in [1.807, 2.05) is 26.0 Å². The molecule has 5 aliphatic carbocycles. The zero-order chi connectivity index (χ0) is 29.5. The molecule has 5 aliphatic rings. The lowest BCUT2D eigenvalue weighted by atomic mass is 9.35. The fourth-order valence-corrected chi connectivity index (χ4v) is 10.2. The number of alkyl carbamates (subject to hydrolysis) is 1. The van der Waals surface area contributed by atoms with Gasteiger partial charge in [-0.25, -0.2) is 4.79 Å². The number of hydrogen-bond donors (Lipinski definition) is 1. The van der Waals surface area contributed by atoms with Crippen LogP contribution in [-0.4, -0.2) is 36.1 Å². The number of Topliss-reactive ketones (excluding diaryl/α,β-unsaturated/α-hetero) is 1. The van der Waals surface area contributed by atoms with Crippen molar-refractivity contribution in [1.29, 1.82) is 5.26 Å². The van der Waals surface area contributed by atoms with Gasteiger partial charge in [-0.3, -0.25) is 14.4 Å². The Hall–Kier alpha value is -2.75.